The van der Waals surface area contributed by atoms with Crippen molar-refractivity contribution in [1.29, 1.82) is 5.26 Å². The fourth-order valence-corrected chi connectivity index (χ4v) is 1.75. The Labute approximate surface area is 116 Å². The van der Waals surface area contributed by atoms with Gasteiger partial charge in [-0.1, -0.05) is 35.0 Å². The maximum atomic E-state index is 12.0. The molecule has 0 bridgehead atoms. The number of hydrogen-bond acceptors (Lipinski definition) is 2. The maximum absolute atomic E-state index is 12.0. The molecule has 18 heavy (non-hydrogen) atoms. The summed E-state index contributed by atoms with van der Waals surface area (Å²) in [4.78, 5) is 12.0. The van der Waals surface area contributed by atoms with Crippen LogP contribution in [0.5, 0.6) is 0 Å². The molecule has 3 nitrogen and oxygen atoms in total. The van der Waals surface area contributed by atoms with Crippen LogP contribution in [0.15, 0.2) is 28.7 Å². The van der Waals surface area contributed by atoms with Gasteiger partial charge in [0.1, 0.15) is 5.41 Å². The highest BCUT2D eigenvalue weighted by Crippen LogP contribution is 2.22. The monoisotopic (exact) mass is 308 g/mol. The topological polar surface area (TPSA) is 52.9 Å². The summed E-state index contributed by atoms with van der Waals surface area (Å²) in [6.07, 6.45) is 0.502. The van der Waals surface area contributed by atoms with Crippen molar-refractivity contribution >= 4 is 21.8 Å². The van der Waals surface area contributed by atoms with Gasteiger partial charge in [-0.05, 0) is 38.0 Å². The molecule has 1 rings (SSSR count). The Kier molecular flexibility index (Phi) is 4.92. The van der Waals surface area contributed by atoms with E-state index < -0.39 is 5.41 Å². The average molecular weight is 309 g/mol. The first-order chi connectivity index (χ1) is 8.42. The van der Waals surface area contributed by atoms with Crippen LogP contribution in [0.25, 0.3) is 0 Å². The summed E-state index contributed by atoms with van der Waals surface area (Å²) in [6, 6.07) is 9.73. The molecule has 1 N–H and O–H groups in total. The minimum Gasteiger partial charge on any atom is -0.348 e. The standard InChI is InChI=1S/C14H17BrN2O/c1-4-14(3,9-16)13(18)17-10(2)11-5-7-12(15)8-6-11/h5-8,10H,4H2,1-3H3,(H,17,18)/t10-,14?/m1/s1. The fourth-order valence-electron chi connectivity index (χ4n) is 1.48. The van der Waals surface area contributed by atoms with Crippen molar-refractivity contribution in [3.05, 3.63) is 34.3 Å². The van der Waals surface area contributed by atoms with E-state index in [1.165, 1.54) is 0 Å². The second kappa shape index (κ2) is 6.01. The molecule has 0 aliphatic heterocycles. The first-order valence-corrected chi connectivity index (χ1v) is 6.70. The van der Waals surface area contributed by atoms with Gasteiger partial charge in [-0.3, -0.25) is 4.79 Å². The fraction of sp³-hybridized carbons (Fsp3) is 0.429. The van der Waals surface area contributed by atoms with Gasteiger partial charge in [0.25, 0.3) is 0 Å². The second-order valence-corrected chi connectivity index (χ2v) is 5.46. The van der Waals surface area contributed by atoms with Gasteiger partial charge in [0.05, 0.1) is 12.1 Å². The number of benzene rings is 1. The summed E-state index contributed by atoms with van der Waals surface area (Å²) in [5.74, 6) is -0.220. The SMILES string of the molecule is CCC(C)(C#N)C(=O)N[C@H](C)c1ccc(Br)cc1. The van der Waals surface area contributed by atoms with Crippen molar-refractivity contribution in [3.63, 3.8) is 0 Å². The number of nitriles is 1. The summed E-state index contributed by atoms with van der Waals surface area (Å²) in [5.41, 5.74) is 0.0619. The Morgan fingerprint density at radius 2 is 2.06 bits per heavy atom. The molecule has 1 aromatic rings. The molecule has 0 spiro atoms. The molecule has 1 aromatic carbocycles. The van der Waals surface area contributed by atoms with Crippen LogP contribution in [0.2, 0.25) is 0 Å². The van der Waals surface area contributed by atoms with Crippen molar-refractivity contribution in [2.75, 3.05) is 0 Å². The average Bonchev–Trinajstić information content (AvgIpc) is 2.38. The van der Waals surface area contributed by atoms with Crippen molar-refractivity contribution in [3.8, 4) is 6.07 Å². The van der Waals surface area contributed by atoms with E-state index in [0.717, 1.165) is 10.0 Å². The predicted octanol–water partition coefficient (Wildman–Crippen LogP) is 3.57. The first kappa shape index (κ1) is 14.7. The molecular formula is C14H17BrN2O. The van der Waals surface area contributed by atoms with Crippen LogP contribution in [0.1, 0.15) is 38.8 Å². The molecule has 96 valence electrons. The lowest BCUT2D eigenvalue weighted by atomic mass is 9.88. The smallest absolute Gasteiger partial charge is 0.240 e. The van der Waals surface area contributed by atoms with Crippen LogP contribution in [0.3, 0.4) is 0 Å². The molecular weight excluding hydrogens is 292 g/mol. The minimum atomic E-state index is -0.955. The Morgan fingerprint density at radius 1 is 1.50 bits per heavy atom. The lowest BCUT2D eigenvalue weighted by Gasteiger charge is -2.22. The Morgan fingerprint density at radius 3 is 2.50 bits per heavy atom. The number of halogens is 1. The van der Waals surface area contributed by atoms with Gasteiger partial charge in [-0.2, -0.15) is 5.26 Å². The van der Waals surface area contributed by atoms with E-state index in [9.17, 15) is 4.79 Å². The lowest BCUT2D eigenvalue weighted by molar-refractivity contribution is -0.128. The van der Waals surface area contributed by atoms with E-state index in [-0.39, 0.29) is 11.9 Å². The quantitative estimate of drug-likeness (QED) is 0.924. The Bertz CT molecular complexity index is 464. The Balaban J connectivity index is 2.77. The van der Waals surface area contributed by atoms with E-state index >= 15 is 0 Å². The zero-order valence-corrected chi connectivity index (χ0v) is 12.4. The molecule has 0 saturated heterocycles. The van der Waals surface area contributed by atoms with E-state index in [1.807, 2.05) is 38.1 Å². The number of nitrogens with one attached hydrogen (secondary N) is 1. The van der Waals surface area contributed by atoms with Crippen molar-refractivity contribution < 1.29 is 4.79 Å². The van der Waals surface area contributed by atoms with Crippen LogP contribution in [-0.4, -0.2) is 5.91 Å². The van der Waals surface area contributed by atoms with E-state index in [4.69, 9.17) is 5.26 Å². The molecule has 0 radical (unpaired) electrons. The predicted molar refractivity (Wildman–Crippen MR) is 74.7 cm³/mol. The number of carbonyl (C=O) groups is 1. The number of nitrogens with zero attached hydrogens (tertiary/aromatic N) is 1. The molecule has 0 heterocycles. The molecule has 1 amide bonds. The highest BCUT2D eigenvalue weighted by Gasteiger charge is 2.32. The van der Waals surface area contributed by atoms with Crippen LogP contribution in [0.4, 0.5) is 0 Å². The van der Waals surface area contributed by atoms with Crippen LogP contribution in [0, 0.1) is 16.7 Å². The molecule has 0 fully saturated rings. The van der Waals surface area contributed by atoms with Gasteiger partial charge in [-0.15, -0.1) is 0 Å². The van der Waals surface area contributed by atoms with Crippen molar-refractivity contribution in [2.24, 2.45) is 5.41 Å². The molecule has 0 aliphatic carbocycles. The van der Waals surface area contributed by atoms with Gasteiger partial charge in [0, 0.05) is 4.47 Å². The van der Waals surface area contributed by atoms with Crippen molar-refractivity contribution in [2.45, 2.75) is 33.2 Å². The summed E-state index contributed by atoms with van der Waals surface area (Å²) in [7, 11) is 0. The number of carbonyl (C=O) groups excluding carboxylic acids is 1. The molecule has 2 atom stereocenters. The second-order valence-electron chi connectivity index (χ2n) is 4.54. The van der Waals surface area contributed by atoms with Crippen LogP contribution in [-0.2, 0) is 4.79 Å². The van der Waals surface area contributed by atoms with Crippen LogP contribution < -0.4 is 5.32 Å². The van der Waals surface area contributed by atoms with Crippen molar-refractivity contribution in [1.82, 2.24) is 5.32 Å². The highest BCUT2D eigenvalue weighted by molar-refractivity contribution is 9.10. The van der Waals surface area contributed by atoms with Gasteiger partial charge in [0.15, 0.2) is 0 Å². The van der Waals surface area contributed by atoms with Gasteiger partial charge in [-0.25, -0.2) is 0 Å². The third-order valence-electron chi connectivity index (χ3n) is 3.17. The molecule has 4 heteroatoms. The summed E-state index contributed by atoms with van der Waals surface area (Å²) < 4.78 is 1.00. The van der Waals surface area contributed by atoms with E-state index in [1.54, 1.807) is 6.92 Å². The third kappa shape index (κ3) is 3.33. The number of hydrogen-bond donors (Lipinski definition) is 1. The molecule has 0 aromatic heterocycles. The van der Waals surface area contributed by atoms with E-state index in [2.05, 4.69) is 27.3 Å². The number of rotatable bonds is 4. The Hall–Kier alpha value is -1.34. The van der Waals surface area contributed by atoms with Crippen LogP contribution >= 0.6 is 15.9 Å². The summed E-state index contributed by atoms with van der Waals surface area (Å²) in [6.45, 7) is 5.42. The maximum Gasteiger partial charge on any atom is 0.240 e. The molecule has 0 saturated carbocycles. The lowest BCUT2D eigenvalue weighted by Crippen LogP contribution is -2.38. The summed E-state index contributed by atoms with van der Waals surface area (Å²) >= 11 is 3.37. The minimum absolute atomic E-state index is 0.107. The zero-order chi connectivity index (χ0) is 13.8. The molecule has 0 aliphatic rings. The largest absolute Gasteiger partial charge is 0.348 e. The third-order valence-corrected chi connectivity index (χ3v) is 3.70. The van der Waals surface area contributed by atoms with Gasteiger partial charge in [0.2, 0.25) is 5.91 Å². The highest BCUT2D eigenvalue weighted by atomic mass is 79.9. The normalized spacial score (nSPS) is 15.3. The summed E-state index contributed by atoms with van der Waals surface area (Å²) in [5, 5.41) is 11.9. The first-order valence-electron chi connectivity index (χ1n) is 5.90. The number of amides is 1. The molecule has 1 unspecified atom stereocenters. The zero-order valence-electron chi connectivity index (χ0n) is 10.8. The van der Waals surface area contributed by atoms with E-state index in [0.29, 0.717) is 6.42 Å². The van der Waals surface area contributed by atoms with Gasteiger partial charge < -0.3 is 5.32 Å². The van der Waals surface area contributed by atoms with Gasteiger partial charge >= 0.3 is 0 Å².